The van der Waals surface area contributed by atoms with Crippen molar-refractivity contribution in [2.75, 3.05) is 13.2 Å². The van der Waals surface area contributed by atoms with E-state index in [1.165, 1.54) is 0 Å². The second kappa shape index (κ2) is 6.97. The maximum absolute atomic E-state index is 11.9. The average molecular weight is 282 g/mol. The molecule has 0 heterocycles. The zero-order valence-corrected chi connectivity index (χ0v) is 10.5. The monoisotopic (exact) mass is 281 g/mol. The third-order valence-corrected chi connectivity index (χ3v) is 2.73. The topological polar surface area (TPSA) is 35.2 Å². The fourth-order valence-electron chi connectivity index (χ4n) is 1.52. The minimum Gasteiger partial charge on any atom is -0.372 e. The number of alkyl halides is 3. The standard InChI is InChI=1S/C12H15ClF3NO/c13-10-5-2-1-4-9(10)11(8-17)18-7-3-6-12(14,15)16/h1-2,4-5,11H,3,6-8,17H2. The zero-order chi connectivity index (χ0) is 13.6. The Kier molecular flexibility index (Phi) is 5.91. The predicted molar refractivity (Wildman–Crippen MR) is 64.5 cm³/mol. The molecule has 0 radical (unpaired) electrons. The van der Waals surface area contributed by atoms with Crippen molar-refractivity contribution in [3.8, 4) is 0 Å². The lowest BCUT2D eigenvalue weighted by Crippen LogP contribution is -2.18. The van der Waals surface area contributed by atoms with E-state index >= 15 is 0 Å². The van der Waals surface area contributed by atoms with Crippen molar-refractivity contribution in [3.63, 3.8) is 0 Å². The van der Waals surface area contributed by atoms with Crippen molar-refractivity contribution in [1.29, 1.82) is 0 Å². The molecule has 18 heavy (non-hydrogen) atoms. The second-order valence-electron chi connectivity index (χ2n) is 3.84. The smallest absolute Gasteiger partial charge is 0.372 e. The molecule has 0 saturated carbocycles. The van der Waals surface area contributed by atoms with Gasteiger partial charge in [0.1, 0.15) is 0 Å². The first-order valence-electron chi connectivity index (χ1n) is 5.57. The number of halogens is 4. The van der Waals surface area contributed by atoms with Crippen molar-refractivity contribution >= 4 is 11.6 Å². The van der Waals surface area contributed by atoms with Crippen LogP contribution in [-0.4, -0.2) is 19.3 Å². The molecule has 1 rings (SSSR count). The van der Waals surface area contributed by atoms with E-state index < -0.39 is 18.7 Å². The minimum absolute atomic E-state index is 0.00655. The van der Waals surface area contributed by atoms with E-state index in [-0.39, 0.29) is 19.6 Å². The lowest BCUT2D eigenvalue weighted by Gasteiger charge is -2.17. The molecule has 0 aliphatic rings. The molecular weight excluding hydrogens is 267 g/mol. The molecule has 1 aromatic carbocycles. The van der Waals surface area contributed by atoms with Gasteiger partial charge in [-0.05, 0) is 12.5 Å². The Morgan fingerprint density at radius 2 is 1.94 bits per heavy atom. The van der Waals surface area contributed by atoms with E-state index in [0.717, 1.165) is 0 Å². The number of nitrogens with two attached hydrogens (primary N) is 1. The van der Waals surface area contributed by atoms with Crippen LogP contribution in [-0.2, 0) is 4.74 Å². The summed E-state index contributed by atoms with van der Waals surface area (Å²) in [7, 11) is 0. The zero-order valence-electron chi connectivity index (χ0n) is 9.71. The van der Waals surface area contributed by atoms with Crippen LogP contribution in [0.1, 0.15) is 24.5 Å². The van der Waals surface area contributed by atoms with Crippen molar-refractivity contribution in [1.82, 2.24) is 0 Å². The number of ether oxygens (including phenoxy) is 1. The van der Waals surface area contributed by atoms with Gasteiger partial charge in [0.25, 0.3) is 0 Å². The minimum atomic E-state index is -4.15. The van der Waals surface area contributed by atoms with Crippen molar-refractivity contribution < 1.29 is 17.9 Å². The number of benzene rings is 1. The molecule has 1 aromatic rings. The van der Waals surface area contributed by atoms with E-state index in [2.05, 4.69) is 0 Å². The first-order chi connectivity index (χ1) is 8.44. The molecule has 1 unspecified atom stereocenters. The van der Waals surface area contributed by atoms with Crippen LogP contribution < -0.4 is 5.73 Å². The molecular formula is C12H15ClF3NO. The lowest BCUT2D eigenvalue weighted by atomic mass is 10.1. The largest absolute Gasteiger partial charge is 0.389 e. The summed E-state index contributed by atoms with van der Waals surface area (Å²) in [4.78, 5) is 0. The highest BCUT2D eigenvalue weighted by Crippen LogP contribution is 2.26. The van der Waals surface area contributed by atoms with Crippen LogP contribution in [0.3, 0.4) is 0 Å². The van der Waals surface area contributed by atoms with Gasteiger partial charge in [-0.2, -0.15) is 13.2 Å². The number of hydrogen-bond acceptors (Lipinski definition) is 2. The van der Waals surface area contributed by atoms with E-state index in [1.807, 2.05) is 0 Å². The summed E-state index contributed by atoms with van der Waals surface area (Å²) in [6, 6.07) is 6.99. The van der Waals surface area contributed by atoms with Crippen LogP contribution in [0.15, 0.2) is 24.3 Å². The molecule has 6 heteroatoms. The third kappa shape index (κ3) is 5.25. The number of rotatable bonds is 6. The summed E-state index contributed by atoms with van der Waals surface area (Å²) >= 11 is 5.97. The SMILES string of the molecule is NCC(OCCCC(F)(F)F)c1ccccc1Cl. The predicted octanol–water partition coefficient (Wildman–Crippen LogP) is 3.70. The average Bonchev–Trinajstić information content (AvgIpc) is 2.29. The van der Waals surface area contributed by atoms with E-state index in [1.54, 1.807) is 24.3 Å². The maximum Gasteiger partial charge on any atom is 0.389 e. The molecule has 102 valence electrons. The highest BCUT2D eigenvalue weighted by molar-refractivity contribution is 6.31. The Morgan fingerprint density at radius 3 is 2.50 bits per heavy atom. The van der Waals surface area contributed by atoms with Crippen molar-refractivity contribution in [2.24, 2.45) is 5.73 Å². The number of hydrogen-bond donors (Lipinski definition) is 1. The Labute approximate surface area is 109 Å². The summed E-state index contributed by atoms with van der Waals surface area (Å²) < 4.78 is 41.2. The molecule has 0 bridgehead atoms. The van der Waals surface area contributed by atoms with Crippen LogP contribution in [0.25, 0.3) is 0 Å². The van der Waals surface area contributed by atoms with Gasteiger partial charge in [-0.3, -0.25) is 0 Å². The fraction of sp³-hybridized carbons (Fsp3) is 0.500. The van der Waals surface area contributed by atoms with E-state index in [9.17, 15) is 13.2 Å². The van der Waals surface area contributed by atoms with Gasteiger partial charge in [0.2, 0.25) is 0 Å². The summed E-state index contributed by atoms with van der Waals surface area (Å²) in [6.07, 6.45) is -5.55. The van der Waals surface area contributed by atoms with Gasteiger partial charge >= 0.3 is 6.18 Å². The summed E-state index contributed by atoms with van der Waals surface area (Å²) in [6.45, 7) is 0.183. The highest BCUT2D eigenvalue weighted by Gasteiger charge is 2.26. The first kappa shape index (κ1) is 15.3. The fourth-order valence-corrected chi connectivity index (χ4v) is 1.78. The Bertz CT molecular complexity index is 371. The molecule has 0 aliphatic heterocycles. The van der Waals surface area contributed by atoms with Crippen LogP contribution >= 0.6 is 11.6 Å². The normalized spacial score (nSPS) is 13.6. The molecule has 2 nitrogen and oxygen atoms in total. The molecule has 0 aliphatic carbocycles. The van der Waals surface area contributed by atoms with Crippen LogP contribution in [0.2, 0.25) is 5.02 Å². The van der Waals surface area contributed by atoms with Gasteiger partial charge in [-0.25, -0.2) is 0 Å². The van der Waals surface area contributed by atoms with Gasteiger partial charge < -0.3 is 10.5 Å². The first-order valence-corrected chi connectivity index (χ1v) is 5.94. The summed E-state index contributed by atoms with van der Waals surface area (Å²) in [5.74, 6) is 0. The molecule has 0 spiro atoms. The van der Waals surface area contributed by atoms with Crippen LogP contribution in [0, 0.1) is 0 Å². The van der Waals surface area contributed by atoms with Crippen molar-refractivity contribution in [3.05, 3.63) is 34.9 Å². The third-order valence-electron chi connectivity index (χ3n) is 2.39. The molecule has 1 atom stereocenters. The molecule has 0 aromatic heterocycles. The Morgan fingerprint density at radius 1 is 1.28 bits per heavy atom. The lowest BCUT2D eigenvalue weighted by molar-refractivity contribution is -0.138. The highest BCUT2D eigenvalue weighted by atomic mass is 35.5. The quantitative estimate of drug-likeness (QED) is 0.807. The van der Waals surface area contributed by atoms with Crippen LogP contribution in [0.4, 0.5) is 13.2 Å². The summed E-state index contributed by atoms with van der Waals surface area (Å²) in [5, 5.41) is 0.503. The Hall–Kier alpha value is -0.780. The molecule has 0 fully saturated rings. The van der Waals surface area contributed by atoms with Gasteiger partial charge in [-0.15, -0.1) is 0 Å². The molecule has 0 saturated heterocycles. The summed E-state index contributed by atoms with van der Waals surface area (Å²) in [5.41, 5.74) is 6.24. The van der Waals surface area contributed by atoms with Gasteiger partial charge in [0.15, 0.2) is 0 Å². The molecule has 0 amide bonds. The van der Waals surface area contributed by atoms with Gasteiger partial charge in [-0.1, -0.05) is 29.8 Å². The molecule has 2 N–H and O–H groups in total. The van der Waals surface area contributed by atoms with Gasteiger partial charge in [0.05, 0.1) is 6.10 Å². The van der Waals surface area contributed by atoms with E-state index in [0.29, 0.717) is 10.6 Å². The van der Waals surface area contributed by atoms with E-state index in [4.69, 9.17) is 22.1 Å². The van der Waals surface area contributed by atoms with Crippen LogP contribution in [0.5, 0.6) is 0 Å². The Balaban J connectivity index is 2.46. The maximum atomic E-state index is 11.9. The second-order valence-corrected chi connectivity index (χ2v) is 4.24. The van der Waals surface area contributed by atoms with Gasteiger partial charge in [0, 0.05) is 30.2 Å². The van der Waals surface area contributed by atoms with Crippen molar-refractivity contribution in [2.45, 2.75) is 25.1 Å².